The lowest BCUT2D eigenvalue weighted by molar-refractivity contribution is 0.264. The quantitative estimate of drug-likeness (QED) is 0.707. The summed E-state index contributed by atoms with van der Waals surface area (Å²) in [4.78, 5) is 0. The van der Waals surface area contributed by atoms with E-state index in [2.05, 4.69) is 35.7 Å². The Bertz CT molecular complexity index is 134. The van der Waals surface area contributed by atoms with Crippen molar-refractivity contribution in [3.63, 3.8) is 0 Å². The monoisotopic (exact) mass is 261 g/mol. The van der Waals surface area contributed by atoms with Gasteiger partial charge in [-0.15, -0.1) is 0 Å². The Morgan fingerprint density at radius 2 is 1.44 bits per heavy atom. The lowest BCUT2D eigenvalue weighted by Crippen LogP contribution is -2.38. The maximum atomic E-state index is 3.16. The molecule has 0 spiro atoms. The fourth-order valence-corrected chi connectivity index (χ4v) is 1.17. The first-order chi connectivity index (χ1) is 8.79. The fourth-order valence-electron chi connectivity index (χ4n) is 1.17. The highest BCUT2D eigenvalue weighted by Crippen LogP contribution is 2.03. The average molecular weight is 261 g/mol. The molecular formula is C15H39N3. The molecule has 0 aliphatic heterocycles. The third kappa shape index (κ3) is 17.8. The van der Waals surface area contributed by atoms with Crippen molar-refractivity contribution in [3.8, 4) is 0 Å². The van der Waals surface area contributed by atoms with Crippen molar-refractivity contribution >= 4 is 0 Å². The molecule has 0 radical (unpaired) electrons. The molecule has 0 rings (SSSR count). The molecule has 18 heavy (non-hydrogen) atoms. The number of rotatable bonds is 6. The number of hydrogen-bond acceptors (Lipinski definition) is 3. The van der Waals surface area contributed by atoms with Crippen molar-refractivity contribution in [3.05, 3.63) is 11.8 Å². The minimum absolute atomic E-state index is 0.998. The van der Waals surface area contributed by atoms with Crippen LogP contribution in [0.2, 0.25) is 0 Å². The van der Waals surface area contributed by atoms with Crippen LogP contribution < -0.4 is 10.7 Å². The average Bonchev–Trinajstić information content (AvgIpc) is 2.49. The highest BCUT2D eigenvalue weighted by atomic mass is 15.5. The summed E-state index contributed by atoms with van der Waals surface area (Å²) >= 11 is 0. The molecule has 0 saturated carbocycles. The van der Waals surface area contributed by atoms with Gasteiger partial charge >= 0.3 is 0 Å². The van der Waals surface area contributed by atoms with Gasteiger partial charge in [0.25, 0.3) is 0 Å². The molecule has 0 heterocycles. The molecule has 2 N–H and O–H groups in total. The van der Waals surface area contributed by atoms with E-state index < -0.39 is 0 Å². The summed E-state index contributed by atoms with van der Waals surface area (Å²) in [6.45, 7) is 18.2. The third-order valence-electron chi connectivity index (χ3n) is 1.90. The van der Waals surface area contributed by atoms with Crippen LogP contribution in [0.5, 0.6) is 0 Å². The van der Waals surface area contributed by atoms with Crippen LogP contribution in [-0.2, 0) is 0 Å². The molecule has 3 heteroatoms. The zero-order valence-electron chi connectivity index (χ0n) is 14.6. The highest BCUT2D eigenvalue weighted by Gasteiger charge is 2.02. The van der Waals surface area contributed by atoms with Crippen molar-refractivity contribution in [1.82, 2.24) is 15.8 Å². The van der Waals surface area contributed by atoms with Crippen LogP contribution in [0.1, 0.15) is 61.8 Å². The van der Waals surface area contributed by atoms with Gasteiger partial charge in [0.15, 0.2) is 0 Å². The lowest BCUT2D eigenvalue weighted by Gasteiger charge is -2.25. The summed E-state index contributed by atoms with van der Waals surface area (Å²) in [7, 11) is 3.92. The Balaban J connectivity index is -0.000000141. The van der Waals surface area contributed by atoms with E-state index in [9.17, 15) is 0 Å². The van der Waals surface area contributed by atoms with Crippen LogP contribution >= 0.6 is 0 Å². The maximum Gasteiger partial charge on any atom is 0.0465 e. The van der Waals surface area contributed by atoms with Crippen LogP contribution in [0, 0.1) is 0 Å². The molecule has 0 amide bonds. The van der Waals surface area contributed by atoms with Crippen LogP contribution in [-0.4, -0.2) is 32.2 Å². The Morgan fingerprint density at radius 1 is 1.00 bits per heavy atom. The van der Waals surface area contributed by atoms with Crippen LogP contribution in [0.4, 0.5) is 0 Å². The van der Waals surface area contributed by atoms with E-state index in [0.717, 1.165) is 19.5 Å². The SMILES string of the molecule is C/C=C(/CC)N(CCNC)NC.CC.CC.CC. The largest absolute Gasteiger partial charge is 0.318 e. The number of likely N-dealkylation sites (N-methyl/N-ethyl adjacent to an activating group) is 1. The Labute approximate surface area is 117 Å². The van der Waals surface area contributed by atoms with Crippen molar-refractivity contribution in [1.29, 1.82) is 0 Å². The van der Waals surface area contributed by atoms with E-state index in [1.54, 1.807) is 0 Å². The van der Waals surface area contributed by atoms with E-state index in [0.29, 0.717) is 0 Å². The van der Waals surface area contributed by atoms with Gasteiger partial charge in [0.05, 0.1) is 0 Å². The van der Waals surface area contributed by atoms with Crippen LogP contribution in [0.3, 0.4) is 0 Å². The first-order valence-electron chi connectivity index (χ1n) is 7.54. The number of allylic oxidation sites excluding steroid dienone is 2. The molecule has 0 aromatic carbocycles. The van der Waals surface area contributed by atoms with Crippen molar-refractivity contribution in [2.45, 2.75) is 61.8 Å². The lowest BCUT2D eigenvalue weighted by atomic mass is 10.3. The van der Waals surface area contributed by atoms with Crippen LogP contribution in [0.25, 0.3) is 0 Å². The zero-order valence-corrected chi connectivity index (χ0v) is 14.6. The van der Waals surface area contributed by atoms with Gasteiger partial charge in [0, 0.05) is 25.8 Å². The van der Waals surface area contributed by atoms with E-state index in [-0.39, 0.29) is 0 Å². The molecule has 3 nitrogen and oxygen atoms in total. The Morgan fingerprint density at radius 3 is 1.67 bits per heavy atom. The molecule has 0 aromatic rings. The van der Waals surface area contributed by atoms with Gasteiger partial charge in [-0.2, -0.15) is 0 Å². The van der Waals surface area contributed by atoms with Gasteiger partial charge in [0.1, 0.15) is 0 Å². The molecule has 0 unspecified atom stereocenters. The summed E-state index contributed by atoms with van der Waals surface area (Å²) in [5.74, 6) is 0. The molecule has 0 aromatic heterocycles. The molecule has 0 fully saturated rings. The summed E-state index contributed by atoms with van der Waals surface area (Å²) in [6.07, 6.45) is 3.22. The smallest absolute Gasteiger partial charge is 0.0465 e. The van der Waals surface area contributed by atoms with Gasteiger partial charge in [-0.05, 0) is 20.4 Å². The summed E-state index contributed by atoms with van der Waals surface area (Å²) in [6, 6.07) is 0. The molecular weight excluding hydrogens is 222 g/mol. The minimum atomic E-state index is 0.998. The van der Waals surface area contributed by atoms with E-state index in [1.165, 1.54) is 5.70 Å². The number of nitrogens with one attached hydrogen (secondary N) is 2. The third-order valence-corrected chi connectivity index (χ3v) is 1.90. The molecule has 0 aliphatic carbocycles. The second-order valence-electron chi connectivity index (χ2n) is 2.61. The molecule has 0 atom stereocenters. The summed E-state index contributed by atoms with van der Waals surface area (Å²) in [5.41, 5.74) is 4.50. The highest BCUT2D eigenvalue weighted by molar-refractivity contribution is 4.96. The Kier molecular flexibility index (Phi) is 43.5. The molecule has 0 bridgehead atoms. The predicted molar refractivity (Wildman–Crippen MR) is 87.8 cm³/mol. The number of nitrogens with zero attached hydrogens (tertiary/aromatic N) is 1. The summed E-state index contributed by atoms with van der Waals surface area (Å²) < 4.78 is 0. The second-order valence-corrected chi connectivity index (χ2v) is 2.61. The number of hydrazine groups is 1. The molecule has 0 saturated heterocycles. The maximum absolute atomic E-state index is 3.16. The normalized spacial score (nSPS) is 8.89. The Hall–Kier alpha value is -0.540. The molecule has 114 valence electrons. The molecule has 0 aliphatic rings. The topological polar surface area (TPSA) is 27.3 Å². The predicted octanol–water partition coefficient (Wildman–Crippen LogP) is 4.03. The van der Waals surface area contributed by atoms with Crippen molar-refractivity contribution < 1.29 is 0 Å². The summed E-state index contributed by atoms with van der Waals surface area (Å²) in [5, 5.41) is 5.29. The van der Waals surface area contributed by atoms with Gasteiger partial charge in [0.2, 0.25) is 0 Å². The minimum Gasteiger partial charge on any atom is -0.318 e. The fraction of sp³-hybridized carbons (Fsp3) is 0.867. The first kappa shape index (κ1) is 26.1. The second kappa shape index (κ2) is 30.0. The van der Waals surface area contributed by atoms with E-state index in [1.807, 2.05) is 55.6 Å². The van der Waals surface area contributed by atoms with Crippen molar-refractivity contribution in [2.75, 3.05) is 27.2 Å². The van der Waals surface area contributed by atoms with Crippen LogP contribution in [0.15, 0.2) is 11.8 Å². The van der Waals surface area contributed by atoms with Crippen molar-refractivity contribution in [2.24, 2.45) is 0 Å². The van der Waals surface area contributed by atoms with E-state index in [4.69, 9.17) is 0 Å². The first-order valence-corrected chi connectivity index (χ1v) is 7.54. The zero-order chi connectivity index (χ0) is 15.4. The van der Waals surface area contributed by atoms with Gasteiger partial charge in [-0.25, -0.2) is 5.43 Å². The van der Waals surface area contributed by atoms with Gasteiger partial charge in [-0.3, -0.25) is 0 Å². The number of hydrogen-bond donors (Lipinski definition) is 2. The van der Waals surface area contributed by atoms with Gasteiger partial charge in [-0.1, -0.05) is 54.5 Å². The van der Waals surface area contributed by atoms with E-state index >= 15 is 0 Å². The standard InChI is InChI=1S/C9H21N3.3C2H6/c1-5-9(6-2)12(11-4)8-7-10-3;3*1-2/h5,10-11H,6-8H2,1-4H3;3*1-2H3/b9-5-;;;. The van der Waals surface area contributed by atoms with Gasteiger partial charge < -0.3 is 10.3 Å².